The maximum atomic E-state index is 5.36. The molecular weight excluding hydrogens is 216 g/mol. The van der Waals surface area contributed by atoms with E-state index >= 15 is 0 Å². The van der Waals surface area contributed by atoms with Crippen molar-refractivity contribution in [3.05, 3.63) is 22.8 Å². The van der Waals surface area contributed by atoms with Gasteiger partial charge in [-0.05, 0) is 22.8 Å². The van der Waals surface area contributed by atoms with Gasteiger partial charge in [0.25, 0.3) is 0 Å². The molecule has 1 aliphatic rings. The van der Waals surface area contributed by atoms with Gasteiger partial charge in [-0.25, -0.2) is 0 Å². The monoisotopic (exact) mass is 232 g/mol. The first-order valence-corrected chi connectivity index (χ1v) is 8.21. The first-order valence-electron chi connectivity index (χ1n) is 4.27. The molecule has 0 spiro atoms. The largest absolute Gasteiger partial charge is 0.392 e. The molecule has 0 unspecified atom stereocenters. The molecule has 0 fully saturated rings. The summed E-state index contributed by atoms with van der Waals surface area (Å²) in [6.45, 7) is 0. The van der Waals surface area contributed by atoms with Gasteiger partial charge in [-0.1, -0.05) is 0 Å². The number of rotatable bonds is 4. The van der Waals surface area contributed by atoms with Crippen LogP contribution in [0.25, 0.3) is 0 Å². The lowest BCUT2D eigenvalue weighted by molar-refractivity contribution is 0.260. The highest BCUT2D eigenvalue weighted by molar-refractivity contribution is 6.87. The van der Waals surface area contributed by atoms with Crippen molar-refractivity contribution in [2.45, 2.75) is 0 Å². The van der Waals surface area contributed by atoms with E-state index in [0.29, 0.717) is 0 Å². The van der Waals surface area contributed by atoms with E-state index in [2.05, 4.69) is 0 Å². The Morgan fingerprint density at radius 1 is 0.571 bits per heavy atom. The van der Waals surface area contributed by atoms with E-state index in [0.717, 1.165) is 0 Å². The molecule has 1 rings (SSSR count). The Bertz CT molecular complexity index is 202. The van der Waals surface area contributed by atoms with Crippen LogP contribution in [0.5, 0.6) is 0 Å². The second-order valence-electron chi connectivity index (χ2n) is 2.93. The summed E-state index contributed by atoms with van der Waals surface area (Å²) in [6, 6.07) is 0. The molecule has 0 N–H and O–H groups in total. The minimum Gasteiger partial charge on any atom is -0.392 e. The summed E-state index contributed by atoms with van der Waals surface area (Å²) in [7, 11) is 2.13. The Hall–Kier alpha value is -0.246. The van der Waals surface area contributed by atoms with Crippen molar-refractivity contribution in [2.75, 3.05) is 28.4 Å². The highest BCUT2D eigenvalue weighted by Gasteiger charge is 2.40. The zero-order valence-corrected chi connectivity index (χ0v) is 10.9. The summed E-state index contributed by atoms with van der Waals surface area (Å²) >= 11 is 0. The van der Waals surface area contributed by atoms with Crippen molar-refractivity contribution in [2.24, 2.45) is 0 Å². The Balaban J connectivity index is 2.86. The second-order valence-corrected chi connectivity index (χ2v) is 8.78. The van der Waals surface area contributed by atoms with Gasteiger partial charge in [-0.3, -0.25) is 0 Å². The van der Waals surface area contributed by atoms with Gasteiger partial charge in [-0.2, -0.15) is 0 Å². The average Bonchev–Trinajstić information content (AvgIpc) is 2.29. The molecule has 0 radical (unpaired) electrons. The van der Waals surface area contributed by atoms with Crippen molar-refractivity contribution >= 4 is 17.1 Å². The molecule has 6 heteroatoms. The Labute approximate surface area is 86.6 Å². The third-order valence-electron chi connectivity index (χ3n) is 2.37. The van der Waals surface area contributed by atoms with E-state index in [9.17, 15) is 0 Å². The van der Waals surface area contributed by atoms with Gasteiger partial charge in [0, 0.05) is 28.4 Å². The molecular formula is C8H16O4Si2. The van der Waals surface area contributed by atoms with Crippen molar-refractivity contribution in [1.29, 1.82) is 0 Å². The van der Waals surface area contributed by atoms with E-state index in [4.69, 9.17) is 17.7 Å². The SMILES string of the molecule is CO[Si]1(OC)C=C[Si](OC)(OC)C=C1. The Kier molecular flexibility index (Phi) is 3.81. The number of hydrogen-bond donors (Lipinski definition) is 0. The van der Waals surface area contributed by atoms with Gasteiger partial charge in [0.2, 0.25) is 0 Å². The molecule has 14 heavy (non-hydrogen) atoms. The molecule has 4 nitrogen and oxygen atoms in total. The van der Waals surface area contributed by atoms with Crippen LogP contribution in [0.2, 0.25) is 0 Å². The predicted molar refractivity (Wildman–Crippen MR) is 57.8 cm³/mol. The standard InChI is InChI=1S/C8H16O4Si2/c1-9-13(10-2)5-7-14(11-3,12-4)8-6-13/h5-8H,1-4H3. The third-order valence-corrected chi connectivity index (χ3v) is 8.12. The molecule has 0 aromatic rings. The average molecular weight is 232 g/mol. The fourth-order valence-electron chi connectivity index (χ4n) is 1.29. The summed E-state index contributed by atoms with van der Waals surface area (Å²) in [5, 5.41) is 0. The molecule has 1 aliphatic heterocycles. The normalized spacial score (nSPS) is 22.6. The zero-order chi connectivity index (χ0) is 10.7. The maximum absolute atomic E-state index is 5.36. The van der Waals surface area contributed by atoms with Crippen LogP contribution in [-0.2, 0) is 17.7 Å². The van der Waals surface area contributed by atoms with E-state index in [1.165, 1.54) is 0 Å². The van der Waals surface area contributed by atoms with Gasteiger partial charge in [0.1, 0.15) is 0 Å². The molecule has 0 aliphatic carbocycles. The van der Waals surface area contributed by atoms with Crippen molar-refractivity contribution in [1.82, 2.24) is 0 Å². The van der Waals surface area contributed by atoms with E-state index in [-0.39, 0.29) is 0 Å². The van der Waals surface area contributed by atoms with Crippen LogP contribution in [-0.4, -0.2) is 45.6 Å². The Morgan fingerprint density at radius 3 is 0.929 bits per heavy atom. The predicted octanol–water partition coefficient (Wildman–Crippen LogP) is 0.739. The van der Waals surface area contributed by atoms with Crippen molar-refractivity contribution < 1.29 is 17.7 Å². The summed E-state index contributed by atoms with van der Waals surface area (Å²) in [5.41, 5.74) is 7.80. The molecule has 0 bridgehead atoms. The zero-order valence-electron chi connectivity index (χ0n) is 8.94. The second kappa shape index (κ2) is 4.52. The maximum Gasteiger partial charge on any atom is 0.390 e. The van der Waals surface area contributed by atoms with Gasteiger partial charge in [-0.15, -0.1) is 0 Å². The number of hydrogen-bond acceptors (Lipinski definition) is 4. The minimum absolute atomic E-state index is 1.65. The molecule has 80 valence electrons. The molecule has 1 heterocycles. The summed E-state index contributed by atoms with van der Waals surface area (Å²) in [5.74, 6) is 0. The van der Waals surface area contributed by atoms with E-state index in [1.54, 1.807) is 28.4 Å². The van der Waals surface area contributed by atoms with Crippen LogP contribution in [0.15, 0.2) is 22.8 Å². The smallest absolute Gasteiger partial charge is 0.390 e. The highest BCUT2D eigenvalue weighted by Crippen LogP contribution is 2.21. The topological polar surface area (TPSA) is 36.9 Å². The van der Waals surface area contributed by atoms with Crippen LogP contribution < -0.4 is 0 Å². The molecule has 0 saturated carbocycles. The summed E-state index contributed by atoms with van der Waals surface area (Å²) < 4.78 is 21.5. The van der Waals surface area contributed by atoms with E-state index < -0.39 is 17.1 Å². The van der Waals surface area contributed by atoms with Crippen LogP contribution in [0, 0.1) is 0 Å². The van der Waals surface area contributed by atoms with Gasteiger partial charge in [0.15, 0.2) is 0 Å². The van der Waals surface area contributed by atoms with E-state index in [1.807, 2.05) is 22.8 Å². The van der Waals surface area contributed by atoms with Crippen LogP contribution in [0.1, 0.15) is 0 Å². The summed E-state index contributed by atoms with van der Waals surface area (Å²) in [4.78, 5) is 0. The first kappa shape index (κ1) is 11.8. The highest BCUT2D eigenvalue weighted by atomic mass is 28.4. The van der Waals surface area contributed by atoms with Gasteiger partial charge >= 0.3 is 17.1 Å². The fourth-order valence-corrected chi connectivity index (χ4v) is 6.65. The quantitative estimate of drug-likeness (QED) is 0.670. The van der Waals surface area contributed by atoms with Crippen LogP contribution in [0.3, 0.4) is 0 Å². The fraction of sp³-hybridized carbons (Fsp3) is 0.500. The van der Waals surface area contributed by atoms with Crippen molar-refractivity contribution in [3.8, 4) is 0 Å². The summed E-state index contributed by atoms with van der Waals surface area (Å²) in [6.07, 6.45) is 0. The molecule has 0 aromatic heterocycles. The molecule has 0 aromatic carbocycles. The minimum atomic E-state index is -2.24. The van der Waals surface area contributed by atoms with Gasteiger partial charge in [0.05, 0.1) is 0 Å². The Morgan fingerprint density at radius 2 is 0.786 bits per heavy atom. The lowest BCUT2D eigenvalue weighted by atomic mass is 11.2. The van der Waals surface area contributed by atoms with Crippen molar-refractivity contribution in [3.63, 3.8) is 0 Å². The van der Waals surface area contributed by atoms with Crippen LogP contribution >= 0.6 is 0 Å². The molecule has 0 saturated heterocycles. The molecule has 0 amide bonds. The lowest BCUT2D eigenvalue weighted by Crippen LogP contribution is -2.46. The first-order chi connectivity index (χ1) is 6.66. The van der Waals surface area contributed by atoms with Crippen LogP contribution in [0.4, 0.5) is 0 Å². The molecule has 0 atom stereocenters. The van der Waals surface area contributed by atoms with Gasteiger partial charge < -0.3 is 17.7 Å². The third kappa shape index (κ3) is 2.05. The lowest BCUT2D eigenvalue weighted by Gasteiger charge is -2.28.